The molecule has 0 fully saturated rings. The van der Waals surface area contributed by atoms with Crippen LogP contribution in [0.4, 0.5) is 17.3 Å². The van der Waals surface area contributed by atoms with E-state index in [0.717, 1.165) is 27.8 Å². The Hall–Kier alpha value is -4.52. The molecule has 0 aliphatic carbocycles. The number of nitrogens with one attached hydrogen (secondary N) is 2. The second kappa shape index (κ2) is 8.55. The first-order valence-electron chi connectivity index (χ1n) is 10.5. The van der Waals surface area contributed by atoms with Crippen LogP contribution < -0.4 is 10.6 Å². The lowest BCUT2D eigenvalue weighted by Gasteiger charge is -2.12. The fourth-order valence-corrected chi connectivity index (χ4v) is 3.86. The third kappa shape index (κ3) is 4.16. The molecule has 3 N–H and O–H groups in total. The molecule has 2 heterocycles. The van der Waals surface area contributed by atoms with E-state index in [1.165, 1.54) is 11.9 Å². The number of aromatic nitrogens is 3. The number of aryl methyl sites for hydroxylation is 1. The lowest BCUT2D eigenvalue weighted by atomic mass is 10.1. The van der Waals surface area contributed by atoms with Crippen molar-refractivity contribution in [3.05, 3.63) is 95.9 Å². The molecule has 0 saturated heterocycles. The van der Waals surface area contributed by atoms with Gasteiger partial charge in [-0.05, 0) is 54.3 Å². The van der Waals surface area contributed by atoms with Crippen molar-refractivity contribution >= 4 is 45.0 Å². The summed E-state index contributed by atoms with van der Waals surface area (Å²) in [6, 6.07) is 21.4. The molecule has 3 aromatic carbocycles. The van der Waals surface area contributed by atoms with Crippen LogP contribution in [0, 0.1) is 6.92 Å². The Kier molecular flexibility index (Phi) is 5.28. The third-order valence-electron chi connectivity index (χ3n) is 5.47. The number of pyridine rings is 1. The molecular weight excluding hydrogens is 414 g/mol. The predicted octanol–water partition coefficient (Wildman–Crippen LogP) is 5.54. The zero-order valence-electron chi connectivity index (χ0n) is 17.9. The van der Waals surface area contributed by atoms with Crippen LogP contribution in [0.3, 0.4) is 0 Å². The number of hydrogen-bond donors (Lipinski definition) is 3. The quantitative estimate of drug-likeness (QED) is 0.322. The molecule has 0 amide bonds. The van der Waals surface area contributed by atoms with Gasteiger partial charge >= 0.3 is 5.97 Å². The highest BCUT2D eigenvalue weighted by Gasteiger charge is 2.12. The Labute approximate surface area is 190 Å². The molecule has 0 aliphatic rings. The fraction of sp³-hybridized carbons (Fsp3) is 0.0769. The van der Waals surface area contributed by atoms with Crippen LogP contribution >= 0.6 is 0 Å². The molecular formula is C26H21N5O2. The van der Waals surface area contributed by atoms with Crippen LogP contribution in [0.25, 0.3) is 21.7 Å². The van der Waals surface area contributed by atoms with Crippen LogP contribution in [0.2, 0.25) is 0 Å². The molecule has 5 aromatic rings. The summed E-state index contributed by atoms with van der Waals surface area (Å²) < 4.78 is 0. The SMILES string of the molecule is Cc1ccc2ccnc(Nc3cccc(CNc4ncnc5c(C(=O)O)cccc45)c3)c2c1. The maximum atomic E-state index is 11.5. The van der Waals surface area contributed by atoms with Crippen LogP contribution in [0.1, 0.15) is 21.5 Å². The number of para-hydroxylation sites is 1. The third-order valence-corrected chi connectivity index (χ3v) is 5.47. The molecule has 162 valence electrons. The molecule has 0 radical (unpaired) electrons. The summed E-state index contributed by atoms with van der Waals surface area (Å²) in [7, 11) is 0. The van der Waals surface area contributed by atoms with E-state index in [9.17, 15) is 9.90 Å². The molecule has 0 unspecified atom stereocenters. The van der Waals surface area contributed by atoms with E-state index in [1.807, 2.05) is 30.3 Å². The normalized spacial score (nSPS) is 10.9. The van der Waals surface area contributed by atoms with Crippen molar-refractivity contribution in [3.8, 4) is 0 Å². The predicted molar refractivity (Wildman–Crippen MR) is 130 cm³/mol. The smallest absolute Gasteiger partial charge is 0.337 e. The first-order chi connectivity index (χ1) is 16.1. The molecule has 0 saturated carbocycles. The lowest BCUT2D eigenvalue weighted by molar-refractivity contribution is 0.0699. The maximum Gasteiger partial charge on any atom is 0.337 e. The molecule has 0 bridgehead atoms. The average Bonchev–Trinajstić information content (AvgIpc) is 2.83. The Morgan fingerprint density at radius 3 is 2.67 bits per heavy atom. The summed E-state index contributed by atoms with van der Waals surface area (Å²) in [6.07, 6.45) is 3.18. The summed E-state index contributed by atoms with van der Waals surface area (Å²) in [4.78, 5) is 24.5. The molecule has 7 nitrogen and oxygen atoms in total. The Morgan fingerprint density at radius 2 is 1.79 bits per heavy atom. The van der Waals surface area contributed by atoms with Gasteiger partial charge in [-0.15, -0.1) is 0 Å². The first-order valence-corrected chi connectivity index (χ1v) is 10.5. The Bertz CT molecular complexity index is 1500. The highest BCUT2D eigenvalue weighted by atomic mass is 16.4. The van der Waals surface area contributed by atoms with Gasteiger partial charge in [0.05, 0.1) is 11.1 Å². The zero-order chi connectivity index (χ0) is 22.8. The molecule has 2 aromatic heterocycles. The van der Waals surface area contributed by atoms with E-state index >= 15 is 0 Å². The number of nitrogens with zero attached hydrogens (tertiary/aromatic N) is 3. The van der Waals surface area contributed by atoms with E-state index in [0.29, 0.717) is 23.3 Å². The minimum absolute atomic E-state index is 0.155. The lowest BCUT2D eigenvalue weighted by Crippen LogP contribution is -2.05. The van der Waals surface area contributed by atoms with Gasteiger partial charge in [-0.25, -0.2) is 19.7 Å². The van der Waals surface area contributed by atoms with Crippen molar-refractivity contribution in [2.24, 2.45) is 0 Å². The number of anilines is 3. The zero-order valence-corrected chi connectivity index (χ0v) is 17.9. The van der Waals surface area contributed by atoms with Crippen LogP contribution in [-0.4, -0.2) is 26.0 Å². The highest BCUT2D eigenvalue weighted by molar-refractivity contribution is 6.04. The van der Waals surface area contributed by atoms with Gasteiger partial charge in [-0.1, -0.05) is 35.9 Å². The number of benzene rings is 3. The summed E-state index contributed by atoms with van der Waals surface area (Å²) in [6.45, 7) is 2.58. The van der Waals surface area contributed by atoms with Gasteiger partial charge in [-0.2, -0.15) is 0 Å². The largest absolute Gasteiger partial charge is 0.478 e. The first kappa shape index (κ1) is 20.4. The van der Waals surface area contributed by atoms with Crippen molar-refractivity contribution in [1.29, 1.82) is 0 Å². The standard InChI is InChI=1S/C26H21N5O2/c1-16-8-9-18-10-11-27-25(22(18)12-16)31-19-5-2-4-17(13-19)14-28-24-20-6-3-7-21(26(32)33)23(20)29-15-30-24/h2-13,15H,14H2,1H3,(H,27,31)(H,32,33)(H,28,29,30). The van der Waals surface area contributed by atoms with Crippen molar-refractivity contribution in [1.82, 2.24) is 15.0 Å². The van der Waals surface area contributed by atoms with Crippen LogP contribution in [0.5, 0.6) is 0 Å². The summed E-state index contributed by atoms with van der Waals surface area (Å²) in [5.41, 5.74) is 3.71. The molecule has 5 rings (SSSR count). The van der Waals surface area contributed by atoms with Crippen molar-refractivity contribution in [2.75, 3.05) is 10.6 Å². The van der Waals surface area contributed by atoms with Gasteiger partial charge in [-0.3, -0.25) is 0 Å². The van der Waals surface area contributed by atoms with Crippen molar-refractivity contribution < 1.29 is 9.90 Å². The van der Waals surface area contributed by atoms with Gasteiger partial charge in [0, 0.05) is 29.2 Å². The van der Waals surface area contributed by atoms with E-state index in [2.05, 4.69) is 56.8 Å². The van der Waals surface area contributed by atoms with E-state index in [1.54, 1.807) is 18.3 Å². The fourth-order valence-electron chi connectivity index (χ4n) is 3.86. The minimum Gasteiger partial charge on any atom is -0.478 e. The van der Waals surface area contributed by atoms with Crippen molar-refractivity contribution in [2.45, 2.75) is 13.5 Å². The van der Waals surface area contributed by atoms with E-state index < -0.39 is 5.97 Å². The Balaban J connectivity index is 1.39. The van der Waals surface area contributed by atoms with E-state index in [-0.39, 0.29) is 5.56 Å². The van der Waals surface area contributed by atoms with Gasteiger partial charge in [0.1, 0.15) is 18.0 Å². The Morgan fingerprint density at radius 1 is 0.909 bits per heavy atom. The summed E-state index contributed by atoms with van der Waals surface area (Å²) >= 11 is 0. The topological polar surface area (TPSA) is 100 Å². The van der Waals surface area contributed by atoms with Gasteiger partial charge < -0.3 is 15.7 Å². The number of carboxylic acids is 1. The van der Waals surface area contributed by atoms with E-state index in [4.69, 9.17) is 0 Å². The monoisotopic (exact) mass is 435 g/mol. The number of carboxylic acid groups (broad SMARTS) is 1. The molecule has 33 heavy (non-hydrogen) atoms. The molecule has 7 heteroatoms. The van der Waals surface area contributed by atoms with Gasteiger partial charge in [0.25, 0.3) is 0 Å². The average molecular weight is 435 g/mol. The van der Waals surface area contributed by atoms with Crippen LogP contribution in [0.15, 0.2) is 79.3 Å². The van der Waals surface area contributed by atoms with Gasteiger partial charge in [0.2, 0.25) is 0 Å². The molecule has 0 aliphatic heterocycles. The van der Waals surface area contributed by atoms with Crippen molar-refractivity contribution in [3.63, 3.8) is 0 Å². The van der Waals surface area contributed by atoms with Gasteiger partial charge in [0.15, 0.2) is 0 Å². The summed E-state index contributed by atoms with van der Waals surface area (Å²) in [5.74, 6) is 0.387. The second-order valence-corrected chi connectivity index (χ2v) is 7.79. The number of fused-ring (bicyclic) bond motifs is 2. The molecule has 0 spiro atoms. The van der Waals surface area contributed by atoms with Crippen LogP contribution in [-0.2, 0) is 6.54 Å². The number of aromatic carboxylic acids is 1. The number of hydrogen-bond acceptors (Lipinski definition) is 6. The number of rotatable bonds is 6. The molecule has 0 atom stereocenters. The highest BCUT2D eigenvalue weighted by Crippen LogP contribution is 2.26. The summed E-state index contributed by atoms with van der Waals surface area (Å²) in [5, 5.41) is 19.0. The number of carbonyl (C=O) groups is 1. The minimum atomic E-state index is -1.01. The maximum absolute atomic E-state index is 11.5. The second-order valence-electron chi connectivity index (χ2n) is 7.79.